The number of esters is 3. The lowest BCUT2D eigenvalue weighted by Crippen LogP contribution is -2.38. The second kappa shape index (κ2) is 16.0. The molecule has 236 valence electrons. The molecule has 6 atom stereocenters. The van der Waals surface area contributed by atoms with Crippen molar-refractivity contribution in [3.05, 3.63) is 71.3 Å². The third kappa shape index (κ3) is 11.8. The Hall–Kier alpha value is -3.19. The van der Waals surface area contributed by atoms with Crippen LogP contribution in [-0.4, -0.2) is 63.3 Å². The Balaban J connectivity index is 1.61. The number of quaternary nitrogens is 1. The molecule has 6 unspecified atom stereocenters. The van der Waals surface area contributed by atoms with E-state index in [4.69, 9.17) is 14.2 Å². The molecule has 0 N–H and O–H groups in total. The first-order chi connectivity index (χ1) is 20.3. The minimum Gasteiger partial charge on any atom is -0.459 e. The minimum absolute atomic E-state index is 0.0331. The Kier molecular flexibility index (Phi) is 12.8. The van der Waals surface area contributed by atoms with E-state index >= 15 is 0 Å². The molecule has 43 heavy (non-hydrogen) atoms. The van der Waals surface area contributed by atoms with Gasteiger partial charge in [0.15, 0.2) is 6.61 Å². The van der Waals surface area contributed by atoms with Gasteiger partial charge in [-0.1, -0.05) is 65.8 Å². The third-order valence-corrected chi connectivity index (χ3v) is 8.23. The molecular formula is C36H52NO6+. The zero-order valence-corrected chi connectivity index (χ0v) is 27.2. The molecule has 0 saturated heterocycles. The Bertz CT molecular complexity index is 1170. The lowest BCUT2D eigenvalue weighted by atomic mass is 9.93. The van der Waals surface area contributed by atoms with E-state index in [1.54, 1.807) is 0 Å². The van der Waals surface area contributed by atoms with Gasteiger partial charge in [-0.15, -0.1) is 0 Å². The zero-order valence-electron chi connectivity index (χ0n) is 27.2. The van der Waals surface area contributed by atoms with E-state index in [2.05, 4.69) is 59.3 Å². The third-order valence-electron chi connectivity index (χ3n) is 8.23. The Labute approximate surface area is 258 Å². The van der Waals surface area contributed by atoms with Crippen LogP contribution in [0.25, 0.3) is 0 Å². The molecule has 3 rings (SSSR count). The lowest BCUT2D eigenvalue weighted by Gasteiger charge is -2.24. The quantitative estimate of drug-likeness (QED) is 0.116. The number of hydrogen-bond acceptors (Lipinski definition) is 6. The Morgan fingerprint density at radius 1 is 0.744 bits per heavy atom. The highest BCUT2D eigenvalue weighted by molar-refractivity contribution is 5.78. The number of benzene rings is 1. The first kappa shape index (κ1) is 34.3. The predicted octanol–water partition coefficient (Wildman–Crippen LogP) is 6.30. The van der Waals surface area contributed by atoms with Crippen LogP contribution < -0.4 is 0 Å². The summed E-state index contributed by atoms with van der Waals surface area (Å²) < 4.78 is 17.2. The van der Waals surface area contributed by atoms with Gasteiger partial charge >= 0.3 is 17.9 Å². The van der Waals surface area contributed by atoms with Gasteiger partial charge in [-0.2, -0.15) is 0 Å². The summed E-state index contributed by atoms with van der Waals surface area (Å²) in [6.45, 7) is 9.20. The second-order valence-corrected chi connectivity index (χ2v) is 13.8. The van der Waals surface area contributed by atoms with E-state index in [1.165, 1.54) is 5.57 Å². The zero-order chi connectivity index (χ0) is 31.6. The maximum atomic E-state index is 13.1. The van der Waals surface area contributed by atoms with Gasteiger partial charge in [0.2, 0.25) is 0 Å². The fourth-order valence-electron chi connectivity index (χ4n) is 6.20. The molecule has 2 aliphatic carbocycles. The van der Waals surface area contributed by atoms with Crippen molar-refractivity contribution in [1.82, 2.24) is 0 Å². The predicted molar refractivity (Wildman–Crippen MR) is 168 cm³/mol. The molecule has 0 bridgehead atoms. The molecule has 7 heteroatoms. The number of nitrogens with zero attached hydrogens (tertiary/aromatic N) is 1. The fourth-order valence-corrected chi connectivity index (χ4v) is 6.20. The summed E-state index contributed by atoms with van der Waals surface area (Å²) in [5.74, 6) is -0.859. The molecule has 0 aliphatic heterocycles. The van der Waals surface area contributed by atoms with Crippen LogP contribution in [0, 0.1) is 35.5 Å². The standard InChI is InChI=1S/C36H52NO6/c1-25(2)17-29-20-30(32(22-29)35(39)41-16-15-37(5,6)7)14-13-28-19-31(18-26(3)4)33(21-28)36(40)43-24-34(38)42-23-27-11-9-8-10-12-27/h8-14,17-18,28-33H,15-16,19-24H2,1-7H3/q+1/b14-13-. The van der Waals surface area contributed by atoms with E-state index < -0.39 is 12.6 Å². The van der Waals surface area contributed by atoms with Gasteiger partial charge in [0.1, 0.15) is 19.8 Å². The van der Waals surface area contributed by atoms with Crippen molar-refractivity contribution in [1.29, 1.82) is 0 Å². The smallest absolute Gasteiger partial charge is 0.344 e. The van der Waals surface area contributed by atoms with Crippen LogP contribution in [0.1, 0.15) is 58.9 Å². The van der Waals surface area contributed by atoms with E-state index in [0.29, 0.717) is 18.9 Å². The monoisotopic (exact) mass is 594 g/mol. The van der Waals surface area contributed by atoms with Crippen molar-refractivity contribution in [2.45, 2.75) is 60.0 Å². The largest absolute Gasteiger partial charge is 0.459 e. The molecule has 0 amide bonds. The molecule has 0 heterocycles. The summed E-state index contributed by atoms with van der Waals surface area (Å²) in [7, 11) is 6.26. The fraction of sp³-hybridized carbons (Fsp3) is 0.583. The summed E-state index contributed by atoms with van der Waals surface area (Å²) in [6, 6.07) is 9.41. The van der Waals surface area contributed by atoms with Crippen molar-refractivity contribution >= 4 is 17.9 Å². The summed E-state index contributed by atoms with van der Waals surface area (Å²) in [5.41, 5.74) is 3.29. The number of carbonyl (C=O) groups excluding carboxylic acids is 3. The van der Waals surface area contributed by atoms with Crippen LogP contribution in [0.4, 0.5) is 0 Å². The van der Waals surface area contributed by atoms with Gasteiger partial charge < -0.3 is 18.7 Å². The summed E-state index contributed by atoms with van der Waals surface area (Å²) >= 11 is 0. The van der Waals surface area contributed by atoms with Crippen molar-refractivity contribution in [2.75, 3.05) is 40.9 Å². The van der Waals surface area contributed by atoms with Gasteiger partial charge in [0.25, 0.3) is 0 Å². The highest BCUT2D eigenvalue weighted by Gasteiger charge is 2.40. The molecular weight excluding hydrogens is 542 g/mol. The van der Waals surface area contributed by atoms with E-state index in [-0.39, 0.29) is 48.1 Å². The topological polar surface area (TPSA) is 78.9 Å². The SMILES string of the molecule is CC(C)=CC1CC(/C=C\C2CC(C=C(C)C)C(C(=O)OCC(=O)OCc3ccccc3)C2)C(C(=O)OCC[N+](C)(C)C)C1. The number of ether oxygens (including phenoxy) is 3. The lowest BCUT2D eigenvalue weighted by molar-refractivity contribution is -0.870. The van der Waals surface area contributed by atoms with Crippen molar-refractivity contribution in [3.63, 3.8) is 0 Å². The molecule has 0 spiro atoms. The number of likely N-dealkylation sites (N-methyl/N-ethyl adjacent to an activating group) is 1. The average molecular weight is 595 g/mol. The molecule has 0 aromatic heterocycles. The number of carbonyl (C=O) groups is 3. The van der Waals surface area contributed by atoms with Gasteiger partial charge in [-0.25, -0.2) is 4.79 Å². The second-order valence-electron chi connectivity index (χ2n) is 13.8. The number of rotatable bonds is 13. The van der Waals surface area contributed by atoms with Gasteiger partial charge in [0.05, 0.1) is 33.0 Å². The van der Waals surface area contributed by atoms with Crippen molar-refractivity contribution in [2.24, 2.45) is 35.5 Å². The first-order valence-corrected chi connectivity index (χ1v) is 15.6. The molecule has 1 aromatic carbocycles. The van der Waals surface area contributed by atoms with Crippen molar-refractivity contribution < 1.29 is 33.1 Å². The maximum Gasteiger partial charge on any atom is 0.344 e. The van der Waals surface area contributed by atoms with Crippen LogP contribution in [0.15, 0.2) is 65.8 Å². The number of hydrogen-bond donors (Lipinski definition) is 0. The Morgan fingerprint density at radius 3 is 2.00 bits per heavy atom. The molecule has 2 saturated carbocycles. The number of allylic oxidation sites excluding steroid dienone is 6. The molecule has 2 aliphatic rings. The van der Waals surface area contributed by atoms with E-state index in [0.717, 1.165) is 41.4 Å². The average Bonchev–Trinajstić information content (AvgIpc) is 3.52. The summed E-state index contributed by atoms with van der Waals surface area (Å²) in [6.07, 6.45) is 12.0. The van der Waals surface area contributed by atoms with Crippen LogP contribution in [0.5, 0.6) is 0 Å². The normalized spacial score (nSPS) is 25.3. The highest BCUT2D eigenvalue weighted by Crippen LogP contribution is 2.43. The van der Waals surface area contributed by atoms with Crippen LogP contribution >= 0.6 is 0 Å². The summed E-state index contributed by atoms with van der Waals surface area (Å²) in [5, 5.41) is 0. The van der Waals surface area contributed by atoms with Crippen molar-refractivity contribution in [3.8, 4) is 0 Å². The van der Waals surface area contributed by atoms with Crippen LogP contribution in [0.2, 0.25) is 0 Å². The van der Waals surface area contributed by atoms with E-state index in [1.807, 2.05) is 44.2 Å². The molecule has 0 radical (unpaired) electrons. The van der Waals surface area contributed by atoms with Gasteiger partial charge in [-0.05, 0) is 82.6 Å². The van der Waals surface area contributed by atoms with Gasteiger partial charge in [0, 0.05) is 0 Å². The van der Waals surface area contributed by atoms with E-state index in [9.17, 15) is 14.4 Å². The Morgan fingerprint density at radius 2 is 1.35 bits per heavy atom. The molecule has 1 aromatic rings. The minimum atomic E-state index is -0.558. The van der Waals surface area contributed by atoms with Crippen LogP contribution in [-0.2, 0) is 35.2 Å². The first-order valence-electron chi connectivity index (χ1n) is 15.6. The van der Waals surface area contributed by atoms with Crippen LogP contribution in [0.3, 0.4) is 0 Å². The maximum absolute atomic E-state index is 13.1. The highest BCUT2D eigenvalue weighted by atomic mass is 16.6. The summed E-state index contributed by atoms with van der Waals surface area (Å²) in [4.78, 5) is 38.5. The van der Waals surface area contributed by atoms with Gasteiger partial charge in [-0.3, -0.25) is 9.59 Å². The molecule has 7 nitrogen and oxygen atoms in total. The molecule has 2 fully saturated rings.